The van der Waals surface area contributed by atoms with Crippen molar-refractivity contribution >= 4 is 0 Å². The van der Waals surface area contributed by atoms with E-state index >= 15 is 0 Å². The Morgan fingerprint density at radius 2 is 2.11 bits per heavy atom. The number of hydrogen-bond donors (Lipinski definition) is 1. The van der Waals surface area contributed by atoms with E-state index in [2.05, 4.69) is 17.4 Å². The first-order valence-electron chi connectivity index (χ1n) is 7.35. The molecule has 4 heteroatoms. The lowest BCUT2D eigenvalue weighted by Gasteiger charge is -2.17. The Bertz CT molecular complexity index is 444. The predicted molar refractivity (Wildman–Crippen MR) is 67.3 cm³/mol. The fraction of sp³-hybridized carbons (Fsp3) is 0.857. The summed E-state index contributed by atoms with van der Waals surface area (Å²) in [5.41, 5.74) is 0. The van der Waals surface area contributed by atoms with Crippen LogP contribution in [0.15, 0.2) is 4.52 Å². The first-order valence-corrected chi connectivity index (χ1v) is 7.35. The molecule has 3 fully saturated rings. The monoisotopic (exact) mass is 247 g/mol. The van der Waals surface area contributed by atoms with Gasteiger partial charge >= 0.3 is 0 Å². The van der Waals surface area contributed by atoms with Gasteiger partial charge in [-0.3, -0.25) is 0 Å². The predicted octanol–water partition coefficient (Wildman–Crippen LogP) is 2.30. The molecule has 1 N–H and O–H groups in total. The Labute approximate surface area is 108 Å². The largest absolute Gasteiger partial charge is 0.339 e. The second kappa shape index (κ2) is 4.05. The summed E-state index contributed by atoms with van der Waals surface area (Å²) < 4.78 is 5.54. The van der Waals surface area contributed by atoms with Crippen molar-refractivity contribution in [3.05, 3.63) is 11.7 Å². The van der Waals surface area contributed by atoms with Crippen molar-refractivity contribution in [1.82, 2.24) is 15.5 Å². The molecule has 1 aliphatic heterocycles. The molecule has 2 bridgehead atoms. The molecule has 0 spiro atoms. The maximum atomic E-state index is 5.54. The second-order valence-electron chi connectivity index (χ2n) is 6.51. The molecule has 18 heavy (non-hydrogen) atoms. The topological polar surface area (TPSA) is 51.0 Å². The highest BCUT2D eigenvalue weighted by molar-refractivity contribution is 5.09. The first kappa shape index (κ1) is 11.0. The molecule has 98 valence electrons. The zero-order valence-electron chi connectivity index (χ0n) is 10.9. The first-order chi connectivity index (χ1) is 8.81. The molecule has 0 amide bonds. The van der Waals surface area contributed by atoms with Crippen LogP contribution in [0.1, 0.15) is 56.2 Å². The van der Waals surface area contributed by atoms with Gasteiger partial charge in [0.15, 0.2) is 5.82 Å². The van der Waals surface area contributed by atoms with E-state index in [-0.39, 0.29) is 0 Å². The van der Waals surface area contributed by atoms with Crippen molar-refractivity contribution in [3.63, 3.8) is 0 Å². The van der Waals surface area contributed by atoms with Gasteiger partial charge in [0.1, 0.15) is 0 Å². The zero-order chi connectivity index (χ0) is 12.1. The third kappa shape index (κ3) is 1.62. The minimum Gasteiger partial charge on any atom is -0.339 e. The standard InChI is InChI=1S/C14H21N3O/c1-8-6-15-7-12(8)14-16-13(17-18-14)11-5-9-2-3-10(11)4-9/h8-12,15H,2-7H2,1H3. The number of fused-ring (bicyclic) bond motifs is 2. The molecule has 2 aliphatic carbocycles. The summed E-state index contributed by atoms with van der Waals surface area (Å²) in [6.45, 7) is 4.31. The van der Waals surface area contributed by atoms with E-state index in [1.165, 1.54) is 25.7 Å². The Hall–Kier alpha value is -0.900. The van der Waals surface area contributed by atoms with Gasteiger partial charge in [-0.05, 0) is 43.6 Å². The lowest BCUT2D eigenvalue weighted by atomic mass is 9.88. The maximum Gasteiger partial charge on any atom is 0.231 e. The van der Waals surface area contributed by atoms with Crippen molar-refractivity contribution in [1.29, 1.82) is 0 Å². The highest BCUT2D eigenvalue weighted by Crippen LogP contribution is 2.52. The lowest BCUT2D eigenvalue weighted by Crippen LogP contribution is -2.11. The van der Waals surface area contributed by atoms with Gasteiger partial charge in [-0.15, -0.1) is 0 Å². The van der Waals surface area contributed by atoms with Gasteiger partial charge in [-0.1, -0.05) is 18.5 Å². The average molecular weight is 247 g/mol. The molecule has 0 aromatic carbocycles. The summed E-state index contributed by atoms with van der Waals surface area (Å²) in [5.74, 6) is 5.25. The van der Waals surface area contributed by atoms with Gasteiger partial charge in [-0.2, -0.15) is 4.98 Å². The molecule has 5 atom stereocenters. The highest BCUT2D eigenvalue weighted by Gasteiger charge is 2.42. The van der Waals surface area contributed by atoms with E-state index in [1.54, 1.807) is 0 Å². The molecular formula is C14H21N3O. The fourth-order valence-electron chi connectivity index (χ4n) is 4.25. The van der Waals surface area contributed by atoms with E-state index in [0.717, 1.165) is 36.6 Å². The van der Waals surface area contributed by atoms with Crippen LogP contribution in [0.2, 0.25) is 0 Å². The third-order valence-corrected chi connectivity index (χ3v) is 5.36. The molecule has 2 saturated carbocycles. The van der Waals surface area contributed by atoms with Crippen molar-refractivity contribution in [2.45, 2.75) is 44.4 Å². The summed E-state index contributed by atoms with van der Waals surface area (Å²) in [6.07, 6.45) is 5.49. The van der Waals surface area contributed by atoms with E-state index in [1.807, 2.05) is 0 Å². The Kier molecular flexibility index (Phi) is 2.47. The van der Waals surface area contributed by atoms with Gasteiger partial charge < -0.3 is 9.84 Å². The van der Waals surface area contributed by atoms with Crippen LogP contribution < -0.4 is 5.32 Å². The fourth-order valence-corrected chi connectivity index (χ4v) is 4.25. The molecule has 1 aromatic rings. The zero-order valence-corrected chi connectivity index (χ0v) is 10.9. The van der Waals surface area contributed by atoms with Crippen LogP contribution in [0.3, 0.4) is 0 Å². The molecule has 5 unspecified atom stereocenters. The molecular weight excluding hydrogens is 226 g/mol. The Balaban J connectivity index is 1.55. The number of hydrogen-bond acceptors (Lipinski definition) is 4. The quantitative estimate of drug-likeness (QED) is 0.871. The van der Waals surface area contributed by atoms with E-state index in [9.17, 15) is 0 Å². The van der Waals surface area contributed by atoms with E-state index in [4.69, 9.17) is 9.51 Å². The van der Waals surface area contributed by atoms with Gasteiger partial charge in [0, 0.05) is 12.5 Å². The van der Waals surface area contributed by atoms with E-state index in [0.29, 0.717) is 17.8 Å². The van der Waals surface area contributed by atoms with Crippen LogP contribution >= 0.6 is 0 Å². The van der Waals surface area contributed by atoms with Gasteiger partial charge in [-0.25, -0.2) is 0 Å². The summed E-state index contributed by atoms with van der Waals surface area (Å²) in [7, 11) is 0. The summed E-state index contributed by atoms with van der Waals surface area (Å²) in [5, 5.41) is 7.68. The minimum atomic E-state index is 0.421. The Morgan fingerprint density at radius 3 is 2.78 bits per heavy atom. The number of aromatic nitrogens is 2. The molecule has 4 nitrogen and oxygen atoms in total. The molecule has 3 aliphatic rings. The summed E-state index contributed by atoms with van der Waals surface area (Å²) in [4.78, 5) is 4.73. The van der Waals surface area contributed by atoms with Crippen molar-refractivity contribution in [2.75, 3.05) is 13.1 Å². The maximum absolute atomic E-state index is 5.54. The lowest BCUT2D eigenvalue weighted by molar-refractivity contribution is 0.327. The van der Waals surface area contributed by atoms with Crippen molar-refractivity contribution in [2.24, 2.45) is 17.8 Å². The smallest absolute Gasteiger partial charge is 0.231 e. The Morgan fingerprint density at radius 1 is 1.17 bits per heavy atom. The third-order valence-electron chi connectivity index (χ3n) is 5.36. The van der Waals surface area contributed by atoms with Gasteiger partial charge in [0.25, 0.3) is 0 Å². The average Bonchev–Trinajstić information content (AvgIpc) is 3.12. The minimum absolute atomic E-state index is 0.421. The van der Waals surface area contributed by atoms with Crippen LogP contribution in [-0.2, 0) is 0 Å². The van der Waals surface area contributed by atoms with Crippen LogP contribution in [0.5, 0.6) is 0 Å². The van der Waals surface area contributed by atoms with Gasteiger partial charge in [0.05, 0.1) is 5.92 Å². The van der Waals surface area contributed by atoms with Crippen LogP contribution in [-0.4, -0.2) is 23.2 Å². The highest BCUT2D eigenvalue weighted by atomic mass is 16.5. The normalized spacial score (nSPS) is 42.8. The molecule has 4 rings (SSSR count). The number of nitrogens with zero attached hydrogens (tertiary/aromatic N) is 2. The van der Waals surface area contributed by atoms with Crippen molar-refractivity contribution in [3.8, 4) is 0 Å². The van der Waals surface area contributed by atoms with Crippen LogP contribution in [0.25, 0.3) is 0 Å². The summed E-state index contributed by atoms with van der Waals surface area (Å²) >= 11 is 0. The molecule has 0 radical (unpaired) electrons. The molecule has 1 aromatic heterocycles. The molecule has 2 heterocycles. The van der Waals surface area contributed by atoms with Crippen LogP contribution in [0, 0.1) is 17.8 Å². The van der Waals surface area contributed by atoms with Gasteiger partial charge in [0.2, 0.25) is 5.89 Å². The molecule has 1 saturated heterocycles. The van der Waals surface area contributed by atoms with Crippen molar-refractivity contribution < 1.29 is 4.52 Å². The second-order valence-corrected chi connectivity index (χ2v) is 6.51. The van der Waals surface area contributed by atoms with E-state index < -0.39 is 0 Å². The van der Waals surface area contributed by atoms with Crippen LogP contribution in [0.4, 0.5) is 0 Å². The summed E-state index contributed by atoms with van der Waals surface area (Å²) in [6, 6.07) is 0. The number of nitrogens with one attached hydrogen (secondary N) is 1. The number of rotatable bonds is 2. The SMILES string of the molecule is CC1CNCC1c1nc(C2CC3CCC2C3)no1.